The van der Waals surface area contributed by atoms with Crippen LogP contribution in [0.25, 0.3) is 10.9 Å². The second-order valence-corrected chi connectivity index (χ2v) is 7.63. The lowest BCUT2D eigenvalue weighted by atomic mass is 9.96. The van der Waals surface area contributed by atoms with Crippen molar-refractivity contribution >= 4 is 22.5 Å². The largest absolute Gasteiger partial charge is 0.474 e. The summed E-state index contributed by atoms with van der Waals surface area (Å²) in [5.41, 5.74) is 2.52. The molecule has 0 bridgehead atoms. The van der Waals surface area contributed by atoms with Crippen LogP contribution in [0, 0.1) is 6.92 Å². The third-order valence-corrected chi connectivity index (χ3v) is 5.83. The van der Waals surface area contributed by atoms with Gasteiger partial charge in [-0.25, -0.2) is 9.97 Å². The van der Waals surface area contributed by atoms with E-state index in [1.165, 1.54) is 12.6 Å². The Morgan fingerprint density at radius 3 is 2.69 bits per heavy atom. The maximum Gasteiger partial charge on any atom is 0.259 e. The first-order chi connectivity index (χ1) is 14.2. The Bertz CT molecular complexity index is 1040. The molecule has 0 N–H and O–H groups in total. The number of anilines is 1. The highest BCUT2D eigenvalue weighted by molar-refractivity contribution is 5.95. The molecule has 3 aromatic rings. The number of rotatable bonds is 4. The van der Waals surface area contributed by atoms with Crippen LogP contribution in [-0.4, -0.2) is 58.2 Å². The number of piperazine rings is 1. The van der Waals surface area contributed by atoms with Gasteiger partial charge in [-0.05, 0) is 44.4 Å². The number of hydrogen-bond acceptors (Lipinski definition) is 7. The number of carbonyl (C=O) groups is 1. The third-order valence-electron chi connectivity index (χ3n) is 5.83. The molecule has 1 aliphatic carbocycles. The lowest BCUT2D eigenvalue weighted by Gasteiger charge is -2.36. The number of nitrogens with zero attached hydrogens (tertiary/aromatic N) is 5. The molecule has 2 fully saturated rings. The predicted molar refractivity (Wildman–Crippen MR) is 107 cm³/mol. The first kappa shape index (κ1) is 17.9. The molecule has 3 heterocycles. The minimum Gasteiger partial charge on any atom is -0.474 e. The zero-order valence-electron chi connectivity index (χ0n) is 16.4. The van der Waals surface area contributed by atoms with E-state index in [-0.39, 0.29) is 12.0 Å². The molecular formula is C21H23N5O3. The minimum absolute atomic E-state index is 0.0218. The van der Waals surface area contributed by atoms with E-state index in [0.717, 1.165) is 42.5 Å². The molecule has 1 amide bonds. The maximum atomic E-state index is 12.7. The molecule has 0 radical (unpaired) electrons. The van der Waals surface area contributed by atoms with Crippen molar-refractivity contribution in [1.82, 2.24) is 20.0 Å². The van der Waals surface area contributed by atoms with E-state index in [1.54, 1.807) is 13.3 Å². The van der Waals surface area contributed by atoms with Gasteiger partial charge >= 0.3 is 0 Å². The van der Waals surface area contributed by atoms with Crippen LogP contribution in [0.5, 0.6) is 5.88 Å². The minimum atomic E-state index is -0.0218. The predicted octanol–water partition coefficient (Wildman–Crippen LogP) is 2.82. The fourth-order valence-electron chi connectivity index (χ4n) is 3.80. The number of carbonyl (C=O) groups excluding carboxylic acids is 1. The Kier molecular flexibility index (Phi) is 4.54. The summed E-state index contributed by atoms with van der Waals surface area (Å²) in [7, 11) is 0. The summed E-state index contributed by atoms with van der Waals surface area (Å²) in [5, 5.41) is 4.65. The Morgan fingerprint density at radius 1 is 1.17 bits per heavy atom. The molecule has 8 nitrogen and oxygen atoms in total. The SMILES string of the molecule is Cc1oncc1C(=O)N1CCN(c2ccc3ncnc(OC4CCC4)c3c2)CC1. The van der Waals surface area contributed by atoms with Gasteiger partial charge in [-0.15, -0.1) is 0 Å². The molecular weight excluding hydrogens is 370 g/mol. The molecule has 2 aromatic heterocycles. The fourth-order valence-corrected chi connectivity index (χ4v) is 3.80. The first-order valence-corrected chi connectivity index (χ1v) is 10.1. The van der Waals surface area contributed by atoms with Crippen LogP contribution in [0.3, 0.4) is 0 Å². The summed E-state index contributed by atoms with van der Waals surface area (Å²) in [4.78, 5) is 25.5. The summed E-state index contributed by atoms with van der Waals surface area (Å²) >= 11 is 0. The van der Waals surface area contributed by atoms with Crippen LogP contribution in [-0.2, 0) is 0 Å². The number of fused-ring (bicyclic) bond motifs is 1. The second kappa shape index (κ2) is 7.35. The van der Waals surface area contributed by atoms with Crippen LogP contribution >= 0.6 is 0 Å². The van der Waals surface area contributed by atoms with Crippen LogP contribution in [0.4, 0.5) is 5.69 Å². The smallest absolute Gasteiger partial charge is 0.259 e. The first-order valence-electron chi connectivity index (χ1n) is 10.1. The zero-order chi connectivity index (χ0) is 19.8. The van der Waals surface area contributed by atoms with Crippen molar-refractivity contribution < 1.29 is 14.1 Å². The lowest BCUT2D eigenvalue weighted by molar-refractivity contribution is 0.0745. The normalized spacial score (nSPS) is 17.4. The average molecular weight is 393 g/mol. The van der Waals surface area contributed by atoms with Crippen LogP contribution in [0.2, 0.25) is 0 Å². The summed E-state index contributed by atoms with van der Waals surface area (Å²) in [6.07, 6.45) is 6.73. The van der Waals surface area contributed by atoms with Crippen LogP contribution in [0.15, 0.2) is 35.2 Å². The van der Waals surface area contributed by atoms with Gasteiger partial charge in [0.25, 0.3) is 5.91 Å². The zero-order valence-corrected chi connectivity index (χ0v) is 16.4. The summed E-state index contributed by atoms with van der Waals surface area (Å²) in [5.74, 6) is 1.20. The highest BCUT2D eigenvalue weighted by Gasteiger charge is 2.25. The van der Waals surface area contributed by atoms with Gasteiger partial charge in [0, 0.05) is 31.9 Å². The summed E-state index contributed by atoms with van der Waals surface area (Å²) in [6, 6.07) is 6.19. The van der Waals surface area contributed by atoms with Gasteiger partial charge in [-0.3, -0.25) is 4.79 Å². The van der Waals surface area contributed by atoms with E-state index >= 15 is 0 Å². The van der Waals surface area contributed by atoms with Gasteiger partial charge in [0.1, 0.15) is 23.8 Å². The summed E-state index contributed by atoms with van der Waals surface area (Å²) < 4.78 is 11.1. The van der Waals surface area contributed by atoms with Crippen molar-refractivity contribution in [3.63, 3.8) is 0 Å². The number of aryl methyl sites for hydroxylation is 1. The number of aromatic nitrogens is 3. The van der Waals surface area contributed by atoms with Crippen molar-refractivity contribution in [2.45, 2.75) is 32.3 Å². The molecule has 1 saturated carbocycles. The van der Waals surface area contributed by atoms with Crippen molar-refractivity contribution in [3.05, 3.63) is 42.0 Å². The van der Waals surface area contributed by atoms with Gasteiger partial charge in [0.05, 0.1) is 17.1 Å². The second-order valence-electron chi connectivity index (χ2n) is 7.63. The topological polar surface area (TPSA) is 84.6 Å². The molecule has 1 aliphatic heterocycles. The standard InChI is InChI=1S/C21H23N5O3/c1-14-18(12-24-29-14)21(27)26-9-7-25(8-10-26)15-5-6-19-17(11-15)20(23-13-22-19)28-16-3-2-4-16/h5-6,11-13,16H,2-4,7-10H2,1H3. The van der Waals surface area contributed by atoms with Crippen molar-refractivity contribution in [3.8, 4) is 5.88 Å². The van der Waals surface area contributed by atoms with E-state index < -0.39 is 0 Å². The van der Waals surface area contributed by atoms with Gasteiger partial charge in [-0.2, -0.15) is 0 Å². The van der Waals surface area contributed by atoms with Gasteiger partial charge in [0.15, 0.2) is 0 Å². The quantitative estimate of drug-likeness (QED) is 0.674. The Morgan fingerprint density at radius 2 is 2.00 bits per heavy atom. The van der Waals surface area contributed by atoms with Crippen LogP contribution < -0.4 is 9.64 Å². The van der Waals surface area contributed by atoms with E-state index in [0.29, 0.717) is 30.3 Å². The summed E-state index contributed by atoms with van der Waals surface area (Å²) in [6.45, 7) is 4.58. The highest BCUT2D eigenvalue weighted by atomic mass is 16.5. The van der Waals surface area contributed by atoms with Crippen molar-refractivity contribution in [1.29, 1.82) is 0 Å². The van der Waals surface area contributed by atoms with Gasteiger partial charge < -0.3 is 19.1 Å². The number of ether oxygens (including phenoxy) is 1. The molecule has 1 aromatic carbocycles. The molecule has 0 atom stereocenters. The molecule has 150 valence electrons. The van der Waals surface area contributed by atoms with E-state index in [1.807, 2.05) is 11.0 Å². The molecule has 5 rings (SSSR count). The van der Waals surface area contributed by atoms with Crippen molar-refractivity contribution in [2.75, 3.05) is 31.1 Å². The van der Waals surface area contributed by atoms with E-state index in [2.05, 4.69) is 32.2 Å². The Hall–Kier alpha value is -3.16. The van der Waals surface area contributed by atoms with Gasteiger partial charge in [0.2, 0.25) is 5.88 Å². The maximum absolute atomic E-state index is 12.7. The number of amides is 1. The molecule has 2 aliphatic rings. The Labute approximate surface area is 168 Å². The van der Waals surface area contributed by atoms with E-state index in [9.17, 15) is 4.79 Å². The number of hydrogen-bond donors (Lipinski definition) is 0. The van der Waals surface area contributed by atoms with Crippen molar-refractivity contribution in [2.24, 2.45) is 0 Å². The molecule has 0 unspecified atom stereocenters. The molecule has 0 spiro atoms. The highest BCUT2D eigenvalue weighted by Crippen LogP contribution is 2.31. The molecule has 1 saturated heterocycles. The fraction of sp³-hybridized carbons (Fsp3) is 0.429. The van der Waals surface area contributed by atoms with Gasteiger partial charge in [-0.1, -0.05) is 5.16 Å². The van der Waals surface area contributed by atoms with E-state index in [4.69, 9.17) is 9.26 Å². The molecule has 29 heavy (non-hydrogen) atoms. The average Bonchev–Trinajstić information content (AvgIpc) is 3.16. The number of benzene rings is 1. The van der Waals surface area contributed by atoms with Crippen LogP contribution in [0.1, 0.15) is 35.4 Å². The molecule has 8 heteroatoms. The Balaban J connectivity index is 1.32. The third kappa shape index (κ3) is 3.39. The lowest BCUT2D eigenvalue weighted by Crippen LogP contribution is -2.48. The monoisotopic (exact) mass is 393 g/mol.